The summed E-state index contributed by atoms with van der Waals surface area (Å²) < 4.78 is 11.0. The zero-order chi connectivity index (χ0) is 15.5. The molecule has 0 radical (unpaired) electrons. The van der Waals surface area contributed by atoms with E-state index in [-0.39, 0.29) is 0 Å². The molecule has 0 atom stereocenters. The molecule has 0 spiro atoms. The summed E-state index contributed by atoms with van der Waals surface area (Å²) in [4.78, 5) is 4.73. The van der Waals surface area contributed by atoms with E-state index < -0.39 is 0 Å². The molecule has 2 aromatic rings. The minimum Gasteiger partial charge on any atom is -0.376 e. The minimum atomic E-state index is 0.633. The molecule has 0 bridgehead atoms. The Morgan fingerprint density at radius 2 is 2.17 bits per heavy atom. The number of nitrogens with zero attached hydrogens (tertiary/aromatic N) is 5. The first kappa shape index (κ1) is 14.6. The summed E-state index contributed by atoms with van der Waals surface area (Å²) in [7, 11) is 0. The quantitative estimate of drug-likeness (QED) is 0.844. The van der Waals surface area contributed by atoms with Crippen molar-refractivity contribution in [2.75, 3.05) is 37.7 Å². The molecule has 0 saturated carbocycles. The van der Waals surface area contributed by atoms with Crippen LogP contribution >= 0.6 is 0 Å². The van der Waals surface area contributed by atoms with Gasteiger partial charge in [0.05, 0.1) is 13.2 Å². The fraction of sp³-hybridized carbons (Fsp3) is 0.562. The van der Waals surface area contributed by atoms with Crippen LogP contribution in [0.15, 0.2) is 22.9 Å². The van der Waals surface area contributed by atoms with Crippen LogP contribution in [0.4, 0.5) is 5.82 Å². The summed E-state index contributed by atoms with van der Waals surface area (Å²) in [6.45, 7) is 6.20. The van der Waals surface area contributed by atoms with Gasteiger partial charge in [-0.1, -0.05) is 5.16 Å². The summed E-state index contributed by atoms with van der Waals surface area (Å²) in [5.41, 5.74) is 2.19. The molecule has 7 nitrogen and oxygen atoms in total. The van der Waals surface area contributed by atoms with Crippen LogP contribution in [-0.2, 0) is 24.3 Å². The van der Waals surface area contributed by atoms with Crippen molar-refractivity contribution in [3.63, 3.8) is 0 Å². The highest BCUT2D eigenvalue weighted by Gasteiger charge is 2.23. The van der Waals surface area contributed by atoms with E-state index in [4.69, 9.17) is 9.26 Å². The third-order valence-electron chi connectivity index (χ3n) is 4.51. The molecule has 4 rings (SSSR count). The molecule has 1 fully saturated rings. The predicted molar refractivity (Wildman–Crippen MR) is 84.0 cm³/mol. The molecule has 2 aliphatic heterocycles. The maximum absolute atomic E-state index is 5.54. The summed E-state index contributed by atoms with van der Waals surface area (Å²) in [6.07, 6.45) is 3.65. The van der Waals surface area contributed by atoms with E-state index in [0.29, 0.717) is 6.61 Å². The Morgan fingerprint density at radius 3 is 3.09 bits per heavy atom. The van der Waals surface area contributed by atoms with E-state index >= 15 is 0 Å². The lowest BCUT2D eigenvalue weighted by molar-refractivity contribution is 0.102. The van der Waals surface area contributed by atoms with Gasteiger partial charge in [-0.25, -0.2) is 0 Å². The molecular weight excluding hydrogens is 294 g/mol. The van der Waals surface area contributed by atoms with Crippen LogP contribution in [-0.4, -0.2) is 53.0 Å². The molecule has 0 aliphatic carbocycles. The average Bonchev–Trinajstić information content (AvgIpc) is 2.86. The first-order valence-corrected chi connectivity index (χ1v) is 8.19. The molecule has 7 heteroatoms. The molecular formula is C16H21N5O2. The number of anilines is 1. The molecule has 0 aromatic carbocycles. The molecule has 122 valence electrons. The monoisotopic (exact) mass is 315 g/mol. The minimum absolute atomic E-state index is 0.633. The molecule has 2 aromatic heterocycles. The Hall–Kier alpha value is -1.99. The van der Waals surface area contributed by atoms with E-state index in [9.17, 15) is 0 Å². The standard InChI is InChI=1S/C16H21N5O2/c1-3-16(18-17-5-1)21-7-2-6-20(8-9-21)11-14-13-12-22-10-4-15(13)23-19-14/h1,3,5H,2,4,6-12H2. The largest absolute Gasteiger partial charge is 0.376 e. The lowest BCUT2D eigenvalue weighted by atomic mass is 10.1. The van der Waals surface area contributed by atoms with Crippen LogP contribution in [0.5, 0.6) is 0 Å². The van der Waals surface area contributed by atoms with Crippen LogP contribution in [0.3, 0.4) is 0 Å². The SMILES string of the molecule is c1cnnc(N2CCCN(Cc3noc4c3COCC4)CC2)c1. The fourth-order valence-corrected chi connectivity index (χ4v) is 3.24. The van der Waals surface area contributed by atoms with Gasteiger partial charge in [0.2, 0.25) is 0 Å². The van der Waals surface area contributed by atoms with E-state index in [1.807, 2.05) is 12.1 Å². The highest BCUT2D eigenvalue weighted by molar-refractivity contribution is 5.36. The third kappa shape index (κ3) is 3.20. The summed E-state index contributed by atoms with van der Waals surface area (Å²) in [5.74, 6) is 1.96. The Balaban J connectivity index is 1.40. The number of aromatic nitrogens is 3. The van der Waals surface area contributed by atoms with Crippen molar-refractivity contribution in [3.05, 3.63) is 35.3 Å². The first-order chi connectivity index (χ1) is 11.4. The van der Waals surface area contributed by atoms with Crippen molar-refractivity contribution in [2.24, 2.45) is 0 Å². The van der Waals surface area contributed by atoms with Crippen molar-refractivity contribution in [1.29, 1.82) is 0 Å². The number of ether oxygens (including phenoxy) is 1. The van der Waals surface area contributed by atoms with Gasteiger partial charge in [-0.15, -0.1) is 5.10 Å². The van der Waals surface area contributed by atoms with Gasteiger partial charge in [0, 0.05) is 50.9 Å². The number of hydrogen-bond acceptors (Lipinski definition) is 7. The van der Waals surface area contributed by atoms with Crippen LogP contribution in [0.2, 0.25) is 0 Å². The predicted octanol–water partition coefficient (Wildman–Crippen LogP) is 1.25. The van der Waals surface area contributed by atoms with Crippen LogP contribution in [0.25, 0.3) is 0 Å². The maximum atomic E-state index is 5.54. The molecule has 2 aliphatic rings. The lowest BCUT2D eigenvalue weighted by Crippen LogP contribution is -2.31. The topological polar surface area (TPSA) is 67.5 Å². The molecule has 0 unspecified atom stereocenters. The maximum Gasteiger partial charge on any atom is 0.151 e. The Kier molecular flexibility index (Phi) is 4.21. The smallest absolute Gasteiger partial charge is 0.151 e. The van der Waals surface area contributed by atoms with Gasteiger partial charge in [-0.05, 0) is 18.6 Å². The van der Waals surface area contributed by atoms with Crippen molar-refractivity contribution in [1.82, 2.24) is 20.3 Å². The second-order valence-electron chi connectivity index (χ2n) is 6.03. The van der Waals surface area contributed by atoms with Crippen LogP contribution < -0.4 is 4.90 Å². The Bertz CT molecular complexity index is 645. The summed E-state index contributed by atoms with van der Waals surface area (Å²) in [6, 6.07) is 3.96. The normalized spacial score (nSPS) is 19.4. The fourth-order valence-electron chi connectivity index (χ4n) is 3.24. The second kappa shape index (κ2) is 6.64. The van der Waals surface area contributed by atoms with Gasteiger partial charge in [0.15, 0.2) is 5.82 Å². The summed E-state index contributed by atoms with van der Waals surface area (Å²) >= 11 is 0. The van der Waals surface area contributed by atoms with Gasteiger partial charge in [0.25, 0.3) is 0 Å². The molecule has 23 heavy (non-hydrogen) atoms. The third-order valence-corrected chi connectivity index (χ3v) is 4.51. The van der Waals surface area contributed by atoms with Crippen LogP contribution in [0.1, 0.15) is 23.4 Å². The Morgan fingerprint density at radius 1 is 1.17 bits per heavy atom. The Labute approximate surface area is 135 Å². The zero-order valence-corrected chi connectivity index (χ0v) is 13.1. The first-order valence-electron chi connectivity index (χ1n) is 8.19. The zero-order valence-electron chi connectivity index (χ0n) is 13.1. The number of hydrogen-bond donors (Lipinski definition) is 0. The average molecular weight is 315 g/mol. The molecule has 0 N–H and O–H groups in total. The van der Waals surface area contributed by atoms with Crippen LogP contribution in [0, 0.1) is 0 Å². The van der Waals surface area contributed by atoms with Gasteiger partial charge >= 0.3 is 0 Å². The van der Waals surface area contributed by atoms with Crippen molar-refractivity contribution < 1.29 is 9.26 Å². The highest BCUT2D eigenvalue weighted by Crippen LogP contribution is 2.22. The van der Waals surface area contributed by atoms with E-state index in [2.05, 4.69) is 25.2 Å². The van der Waals surface area contributed by atoms with E-state index in [0.717, 1.165) is 75.0 Å². The van der Waals surface area contributed by atoms with Gasteiger partial charge in [-0.3, -0.25) is 4.90 Å². The lowest BCUT2D eigenvalue weighted by Gasteiger charge is -2.22. The number of fused-ring (bicyclic) bond motifs is 1. The molecule has 0 amide bonds. The van der Waals surface area contributed by atoms with Crippen molar-refractivity contribution in [3.8, 4) is 0 Å². The molecule has 1 saturated heterocycles. The van der Waals surface area contributed by atoms with Gasteiger partial charge in [-0.2, -0.15) is 5.10 Å². The van der Waals surface area contributed by atoms with Crippen molar-refractivity contribution >= 4 is 5.82 Å². The van der Waals surface area contributed by atoms with Gasteiger partial charge in [0.1, 0.15) is 11.5 Å². The van der Waals surface area contributed by atoms with Gasteiger partial charge < -0.3 is 14.2 Å². The molecule has 4 heterocycles. The van der Waals surface area contributed by atoms with E-state index in [1.165, 1.54) is 0 Å². The summed E-state index contributed by atoms with van der Waals surface area (Å²) in [5, 5.41) is 12.5. The highest BCUT2D eigenvalue weighted by atomic mass is 16.5. The van der Waals surface area contributed by atoms with Crippen molar-refractivity contribution in [2.45, 2.75) is 26.0 Å². The van der Waals surface area contributed by atoms with E-state index in [1.54, 1.807) is 6.20 Å². The second-order valence-corrected chi connectivity index (χ2v) is 6.03. The number of rotatable bonds is 3.